The first-order chi connectivity index (χ1) is 10.1. The van der Waals surface area contributed by atoms with E-state index in [4.69, 9.17) is 4.74 Å². The molecule has 0 spiro atoms. The molecule has 0 aliphatic heterocycles. The first kappa shape index (κ1) is 21.2. The molecule has 0 radical (unpaired) electrons. The fraction of sp³-hybridized carbons (Fsp3) is 0.588. The van der Waals surface area contributed by atoms with Crippen LogP contribution in [0.5, 0.6) is 0 Å². The largest absolute Gasteiger partial charge is 0.383 e. The molecule has 126 valence electrons. The van der Waals surface area contributed by atoms with Gasteiger partial charge in [-0.25, -0.2) is 0 Å². The topological polar surface area (TPSA) is 45.7 Å². The monoisotopic (exact) mass is 419 g/mol. The second-order valence-corrected chi connectivity index (χ2v) is 5.72. The van der Waals surface area contributed by atoms with E-state index < -0.39 is 0 Å². The molecule has 0 aromatic heterocycles. The van der Waals surface area contributed by atoms with E-state index in [0.29, 0.717) is 18.4 Å². The lowest BCUT2D eigenvalue weighted by Gasteiger charge is -2.24. The molecule has 1 rings (SSSR count). The molecule has 0 aliphatic rings. The normalized spacial score (nSPS) is 14.2. The number of nitrogens with one attached hydrogen (secondary N) is 2. The molecule has 0 saturated heterocycles. The van der Waals surface area contributed by atoms with Gasteiger partial charge in [0, 0.05) is 32.7 Å². The van der Waals surface area contributed by atoms with Gasteiger partial charge in [0.1, 0.15) is 0 Å². The average Bonchev–Trinajstić information content (AvgIpc) is 2.47. The van der Waals surface area contributed by atoms with Crippen molar-refractivity contribution < 1.29 is 4.74 Å². The molecule has 0 aliphatic carbocycles. The van der Waals surface area contributed by atoms with Gasteiger partial charge in [-0.1, -0.05) is 44.2 Å². The van der Waals surface area contributed by atoms with E-state index in [-0.39, 0.29) is 30.0 Å². The Labute approximate surface area is 152 Å². The number of hydrogen-bond donors (Lipinski definition) is 2. The third-order valence-corrected chi connectivity index (χ3v) is 3.55. The van der Waals surface area contributed by atoms with E-state index in [0.717, 1.165) is 12.5 Å². The fourth-order valence-corrected chi connectivity index (χ4v) is 2.37. The summed E-state index contributed by atoms with van der Waals surface area (Å²) in [5.41, 5.74) is 1.36. The lowest BCUT2D eigenvalue weighted by atomic mass is 9.88. The molecule has 22 heavy (non-hydrogen) atoms. The summed E-state index contributed by atoms with van der Waals surface area (Å²) in [4.78, 5) is 4.27. The Hall–Kier alpha value is -0.820. The Morgan fingerprint density at radius 2 is 1.82 bits per heavy atom. The Morgan fingerprint density at radius 1 is 1.18 bits per heavy atom. The second kappa shape index (κ2) is 11.7. The van der Waals surface area contributed by atoms with Crippen molar-refractivity contribution in [3.05, 3.63) is 35.9 Å². The van der Waals surface area contributed by atoms with Crippen molar-refractivity contribution in [2.75, 3.05) is 27.3 Å². The molecular weight excluding hydrogens is 389 g/mol. The van der Waals surface area contributed by atoms with Crippen LogP contribution in [0.1, 0.15) is 32.3 Å². The van der Waals surface area contributed by atoms with Crippen LogP contribution in [0.15, 0.2) is 35.3 Å². The lowest BCUT2D eigenvalue weighted by molar-refractivity contribution is 0.179. The smallest absolute Gasteiger partial charge is 0.191 e. The van der Waals surface area contributed by atoms with Crippen LogP contribution in [0.2, 0.25) is 0 Å². The summed E-state index contributed by atoms with van der Waals surface area (Å²) < 4.78 is 5.14. The van der Waals surface area contributed by atoms with Gasteiger partial charge in [-0.3, -0.25) is 4.99 Å². The molecule has 5 heteroatoms. The Morgan fingerprint density at radius 3 is 2.32 bits per heavy atom. The number of methoxy groups -OCH3 is 1. The van der Waals surface area contributed by atoms with E-state index in [9.17, 15) is 0 Å². The van der Waals surface area contributed by atoms with Gasteiger partial charge in [0.25, 0.3) is 0 Å². The van der Waals surface area contributed by atoms with Crippen LogP contribution in [0.4, 0.5) is 0 Å². The third kappa shape index (κ3) is 7.45. The van der Waals surface area contributed by atoms with Gasteiger partial charge in [0.2, 0.25) is 0 Å². The van der Waals surface area contributed by atoms with Crippen LogP contribution in [0, 0.1) is 5.92 Å². The van der Waals surface area contributed by atoms with Crippen LogP contribution < -0.4 is 10.6 Å². The number of rotatable bonds is 7. The maximum absolute atomic E-state index is 5.14. The molecule has 1 aromatic carbocycles. The molecule has 0 bridgehead atoms. The Balaban J connectivity index is 0.00000441. The molecule has 0 saturated carbocycles. The van der Waals surface area contributed by atoms with Crippen molar-refractivity contribution >= 4 is 29.9 Å². The highest BCUT2D eigenvalue weighted by Gasteiger charge is 2.16. The summed E-state index contributed by atoms with van der Waals surface area (Å²) in [6, 6.07) is 10.9. The van der Waals surface area contributed by atoms with Crippen LogP contribution in [-0.2, 0) is 4.74 Å². The van der Waals surface area contributed by atoms with Crippen LogP contribution in [0.3, 0.4) is 0 Å². The van der Waals surface area contributed by atoms with E-state index >= 15 is 0 Å². The summed E-state index contributed by atoms with van der Waals surface area (Å²) in [6.45, 7) is 8.10. The standard InChI is InChI=1S/C17H29N3O.HI/c1-13(2)16(15-9-7-6-8-10-15)11-19-17(18-4)20-14(3)12-21-5;/h6-10,13-14,16H,11-12H2,1-5H3,(H2,18,19,20);1H. The van der Waals surface area contributed by atoms with Gasteiger partial charge >= 0.3 is 0 Å². The fourth-order valence-electron chi connectivity index (χ4n) is 2.37. The number of halogens is 1. The first-order valence-electron chi connectivity index (χ1n) is 7.59. The zero-order valence-electron chi connectivity index (χ0n) is 14.3. The third-order valence-electron chi connectivity index (χ3n) is 3.55. The summed E-state index contributed by atoms with van der Waals surface area (Å²) >= 11 is 0. The van der Waals surface area contributed by atoms with Gasteiger partial charge in [-0.05, 0) is 18.4 Å². The summed E-state index contributed by atoms with van der Waals surface area (Å²) in [6.07, 6.45) is 0. The van der Waals surface area contributed by atoms with Crippen molar-refractivity contribution in [1.29, 1.82) is 0 Å². The predicted molar refractivity (Wildman–Crippen MR) is 105 cm³/mol. The van der Waals surface area contributed by atoms with E-state index in [1.807, 2.05) is 0 Å². The SMILES string of the molecule is CN=C(NCC(c1ccccc1)C(C)C)NC(C)COC.I. The summed E-state index contributed by atoms with van der Waals surface area (Å²) in [5.74, 6) is 1.85. The number of guanidine groups is 1. The molecular formula is C17H30IN3O. The van der Waals surface area contributed by atoms with Gasteiger partial charge in [-0.15, -0.1) is 24.0 Å². The average molecular weight is 419 g/mol. The van der Waals surface area contributed by atoms with Crippen molar-refractivity contribution in [3.8, 4) is 0 Å². The molecule has 0 heterocycles. The van der Waals surface area contributed by atoms with Gasteiger partial charge in [-0.2, -0.15) is 0 Å². The molecule has 2 N–H and O–H groups in total. The van der Waals surface area contributed by atoms with Crippen molar-refractivity contribution in [3.63, 3.8) is 0 Å². The van der Waals surface area contributed by atoms with E-state index in [1.165, 1.54) is 5.56 Å². The summed E-state index contributed by atoms with van der Waals surface area (Å²) in [7, 11) is 3.50. The zero-order valence-corrected chi connectivity index (χ0v) is 16.6. The first-order valence-corrected chi connectivity index (χ1v) is 7.59. The predicted octanol–water partition coefficient (Wildman–Crippen LogP) is 3.24. The van der Waals surface area contributed by atoms with Gasteiger partial charge in [0.05, 0.1) is 6.61 Å². The number of hydrogen-bond acceptors (Lipinski definition) is 2. The number of ether oxygens (including phenoxy) is 1. The maximum atomic E-state index is 5.14. The Kier molecular flexibility index (Phi) is 11.3. The van der Waals surface area contributed by atoms with Crippen molar-refractivity contribution in [1.82, 2.24) is 10.6 Å². The van der Waals surface area contributed by atoms with Crippen molar-refractivity contribution in [2.24, 2.45) is 10.9 Å². The number of nitrogens with zero attached hydrogens (tertiary/aromatic N) is 1. The quantitative estimate of drug-likeness (QED) is 0.405. The van der Waals surface area contributed by atoms with Gasteiger partial charge < -0.3 is 15.4 Å². The highest BCUT2D eigenvalue weighted by atomic mass is 127. The second-order valence-electron chi connectivity index (χ2n) is 5.72. The minimum atomic E-state index is 0. The number of benzene rings is 1. The summed E-state index contributed by atoms with van der Waals surface area (Å²) in [5, 5.41) is 6.75. The Bertz CT molecular complexity index is 423. The zero-order chi connectivity index (χ0) is 15.7. The van der Waals surface area contributed by atoms with E-state index in [2.05, 4.69) is 66.7 Å². The van der Waals surface area contributed by atoms with Crippen LogP contribution in [0.25, 0.3) is 0 Å². The van der Waals surface area contributed by atoms with Crippen molar-refractivity contribution in [2.45, 2.75) is 32.7 Å². The van der Waals surface area contributed by atoms with Gasteiger partial charge in [0.15, 0.2) is 5.96 Å². The molecule has 4 nitrogen and oxygen atoms in total. The minimum absolute atomic E-state index is 0. The highest BCUT2D eigenvalue weighted by Crippen LogP contribution is 2.23. The minimum Gasteiger partial charge on any atom is -0.383 e. The molecule has 0 fully saturated rings. The highest BCUT2D eigenvalue weighted by molar-refractivity contribution is 14.0. The molecule has 1 aromatic rings. The maximum Gasteiger partial charge on any atom is 0.191 e. The lowest BCUT2D eigenvalue weighted by Crippen LogP contribution is -2.45. The van der Waals surface area contributed by atoms with Crippen LogP contribution >= 0.6 is 24.0 Å². The molecule has 2 unspecified atom stereocenters. The van der Waals surface area contributed by atoms with Crippen LogP contribution in [-0.4, -0.2) is 39.3 Å². The molecule has 0 amide bonds. The number of aliphatic imine (C=N–C) groups is 1. The van der Waals surface area contributed by atoms with E-state index in [1.54, 1.807) is 14.2 Å². The molecule has 2 atom stereocenters.